The van der Waals surface area contributed by atoms with Crippen LogP contribution in [0.4, 0.5) is 5.13 Å². The third kappa shape index (κ3) is 5.97. The number of thiazole rings is 2. The summed E-state index contributed by atoms with van der Waals surface area (Å²) in [7, 11) is 0. The molecule has 0 fully saturated rings. The maximum atomic E-state index is 12.5. The van der Waals surface area contributed by atoms with E-state index in [1.807, 2.05) is 67.9 Å². The Balaban J connectivity index is 1.34. The second-order valence-corrected chi connectivity index (χ2v) is 9.28. The molecule has 2 aromatic carbocycles. The number of nitrogens with zero attached hydrogens (tertiary/aromatic N) is 2. The number of aromatic nitrogens is 2. The fourth-order valence-electron chi connectivity index (χ4n) is 3.24. The van der Waals surface area contributed by atoms with E-state index in [1.165, 1.54) is 22.7 Å². The molecule has 1 N–H and O–H groups in total. The largest absolute Gasteiger partial charge is 0.493 e. The van der Waals surface area contributed by atoms with Gasteiger partial charge in [-0.3, -0.25) is 4.79 Å². The molecule has 0 unspecified atom stereocenters. The van der Waals surface area contributed by atoms with E-state index >= 15 is 0 Å². The monoisotopic (exact) mass is 479 g/mol. The fraction of sp³-hybridized carbons (Fsp3) is 0.240. The quantitative estimate of drug-likeness (QED) is 0.317. The maximum absolute atomic E-state index is 12.5. The van der Waals surface area contributed by atoms with Gasteiger partial charge in [-0.2, -0.15) is 0 Å². The van der Waals surface area contributed by atoms with Crippen molar-refractivity contribution in [3.8, 4) is 22.8 Å². The highest BCUT2D eigenvalue weighted by Gasteiger charge is 2.13. The molecule has 0 saturated heterocycles. The molecule has 2 heterocycles. The Morgan fingerprint density at radius 3 is 2.70 bits per heavy atom. The molecule has 33 heavy (non-hydrogen) atoms. The number of rotatable bonds is 9. The number of nitrogens with one attached hydrogen (secondary N) is 1. The molecule has 0 aliphatic heterocycles. The first kappa shape index (κ1) is 22.9. The smallest absolute Gasteiger partial charge is 0.232 e. The van der Waals surface area contributed by atoms with Crippen LogP contribution < -0.4 is 14.8 Å². The van der Waals surface area contributed by atoms with Crippen LogP contribution in [0.2, 0.25) is 0 Å². The number of benzene rings is 2. The van der Waals surface area contributed by atoms with Crippen molar-refractivity contribution in [3.63, 3.8) is 0 Å². The van der Waals surface area contributed by atoms with Crippen LogP contribution in [-0.2, 0) is 17.8 Å². The van der Waals surface area contributed by atoms with Gasteiger partial charge in [0, 0.05) is 16.3 Å². The van der Waals surface area contributed by atoms with Crippen LogP contribution in [-0.4, -0.2) is 22.5 Å². The zero-order valence-corrected chi connectivity index (χ0v) is 20.4. The van der Waals surface area contributed by atoms with Crippen molar-refractivity contribution in [3.05, 3.63) is 75.1 Å². The molecule has 4 rings (SSSR count). The number of amides is 1. The molecule has 0 bridgehead atoms. The highest BCUT2D eigenvalue weighted by molar-refractivity contribution is 7.14. The summed E-state index contributed by atoms with van der Waals surface area (Å²) in [5, 5.41) is 8.07. The molecule has 0 spiro atoms. The van der Waals surface area contributed by atoms with Gasteiger partial charge in [0.15, 0.2) is 5.13 Å². The molecule has 0 atom stereocenters. The average molecular weight is 480 g/mol. The van der Waals surface area contributed by atoms with E-state index < -0.39 is 0 Å². The third-order valence-corrected chi connectivity index (χ3v) is 6.48. The van der Waals surface area contributed by atoms with Crippen LogP contribution in [0.1, 0.15) is 28.8 Å². The van der Waals surface area contributed by atoms with Gasteiger partial charge in [-0.25, -0.2) is 9.97 Å². The van der Waals surface area contributed by atoms with Gasteiger partial charge < -0.3 is 14.8 Å². The van der Waals surface area contributed by atoms with Crippen molar-refractivity contribution >= 4 is 33.7 Å². The van der Waals surface area contributed by atoms with Crippen LogP contribution in [0.25, 0.3) is 11.3 Å². The molecule has 170 valence electrons. The van der Waals surface area contributed by atoms with Gasteiger partial charge in [-0.15, -0.1) is 22.7 Å². The van der Waals surface area contributed by atoms with E-state index in [1.54, 1.807) is 0 Å². The van der Waals surface area contributed by atoms with Gasteiger partial charge in [0.25, 0.3) is 0 Å². The molecule has 6 nitrogen and oxygen atoms in total. The van der Waals surface area contributed by atoms with Crippen molar-refractivity contribution in [1.82, 2.24) is 9.97 Å². The number of carbonyl (C=O) groups is 1. The topological polar surface area (TPSA) is 73.3 Å². The minimum atomic E-state index is -0.152. The van der Waals surface area contributed by atoms with Crippen LogP contribution in [0.15, 0.2) is 53.2 Å². The summed E-state index contributed by atoms with van der Waals surface area (Å²) in [5.41, 5.74) is 4.64. The molecular formula is C25H25N3O3S2. The van der Waals surface area contributed by atoms with Crippen LogP contribution in [0.5, 0.6) is 11.5 Å². The molecule has 2 aromatic heterocycles. The summed E-state index contributed by atoms with van der Waals surface area (Å²) < 4.78 is 11.6. The Hall–Kier alpha value is -3.23. The van der Waals surface area contributed by atoms with Gasteiger partial charge in [0.05, 0.1) is 24.4 Å². The summed E-state index contributed by atoms with van der Waals surface area (Å²) in [6, 6.07) is 13.9. The lowest BCUT2D eigenvalue weighted by Gasteiger charge is -2.08. The lowest BCUT2D eigenvalue weighted by Crippen LogP contribution is -2.14. The first-order valence-corrected chi connectivity index (χ1v) is 12.4. The van der Waals surface area contributed by atoms with E-state index in [2.05, 4.69) is 21.4 Å². The van der Waals surface area contributed by atoms with Crippen molar-refractivity contribution in [1.29, 1.82) is 0 Å². The predicted octanol–water partition coefficient (Wildman–Crippen LogP) is 6.04. The van der Waals surface area contributed by atoms with E-state index in [0.29, 0.717) is 18.3 Å². The van der Waals surface area contributed by atoms with Gasteiger partial charge in [0.2, 0.25) is 5.91 Å². The van der Waals surface area contributed by atoms with Crippen molar-refractivity contribution in [2.45, 2.75) is 33.8 Å². The van der Waals surface area contributed by atoms with Crippen molar-refractivity contribution in [2.24, 2.45) is 0 Å². The van der Waals surface area contributed by atoms with Gasteiger partial charge in [0.1, 0.15) is 23.1 Å². The highest BCUT2D eigenvalue weighted by Crippen LogP contribution is 2.32. The fourth-order valence-corrected chi connectivity index (χ4v) is 4.67. The minimum absolute atomic E-state index is 0.152. The SMILES string of the molecule is CCOc1ccccc1-c1csc(NC(=O)Cc2csc(COc3cc(C)ccc3C)n2)n1. The Bertz CT molecular complexity index is 1250. The summed E-state index contributed by atoms with van der Waals surface area (Å²) in [6.45, 7) is 6.96. The number of hydrogen-bond acceptors (Lipinski definition) is 7. The normalized spacial score (nSPS) is 10.8. The van der Waals surface area contributed by atoms with Gasteiger partial charge in [-0.05, 0) is 50.1 Å². The molecule has 1 amide bonds. The summed E-state index contributed by atoms with van der Waals surface area (Å²) >= 11 is 2.88. The van der Waals surface area contributed by atoms with E-state index in [-0.39, 0.29) is 12.3 Å². The van der Waals surface area contributed by atoms with Crippen molar-refractivity contribution in [2.75, 3.05) is 11.9 Å². The van der Waals surface area contributed by atoms with Crippen LogP contribution >= 0.6 is 22.7 Å². The molecule has 0 radical (unpaired) electrons. The van der Waals surface area contributed by atoms with E-state index in [0.717, 1.165) is 44.6 Å². The molecular weight excluding hydrogens is 454 g/mol. The summed E-state index contributed by atoms with van der Waals surface area (Å²) in [6.07, 6.45) is 0.185. The number of anilines is 1. The minimum Gasteiger partial charge on any atom is -0.493 e. The molecule has 0 saturated carbocycles. The first-order valence-electron chi connectivity index (χ1n) is 10.6. The van der Waals surface area contributed by atoms with Crippen LogP contribution in [0, 0.1) is 13.8 Å². The van der Waals surface area contributed by atoms with Gasteiger partial charge >= 0.3 is 0 Å². The number of hydrogen-bond donors (Lipinski definition) is 1. The predicted molar refractivity (Wildman–Crippen MR) is 133 cm³/mol. The zero-order valence-electron chi connectivity index (χ0n) is 18.8. The van der Waals surface area contributed by atoms with Crippen molar-refractivity contribution < 1.29 is 14.3 Å². The number of carbonyl (C=O) groups excluding carboxylic acids is 1. The second-order valence-electron chi connectivity index (χ2n) is 7.48. The lowest BCUT2D eigenvalue weighted by atomic mass is 10.1. The Kier molecular flexibility index (Phi) is 7.36. The molecule has 4 aromatic rings. The molecule has 8 heteroatoms. The number of para-hydroxylation sites is 1. The highest BCUT2D eigenvalue weighted by atomic mass is 32.1. The molecule has 0 aliphatic carbocycles. The maximum Gasteiger partial charge on any atom is 0.232 e. The Morgan fingerprint density at radius 2 is 1.85 bits per heavy atom. The Labute approximate surface area is 201 Å². The number of aryl methyl sites for hydroxylation is 2. The lowest BCUT2D eigenvalue weighted by molar-refractivity contribution is -0.115. The van der Waals surface area contributed by atoms with Crippen LogP contribution in [0.3, 0.4) is 0 Å². The van der Waals surface area contributed by atoms with E-state index in [9.17, 15) is 4.79 Å². The summed E-state index contributed by atoms with van der Waals surface area (Å²) in [5.74, 6) is 1.48. The standard InChI is InChI=1S/C25H25N3O3S2/c1-4-30-21-8-6-5-7-19(21)20-15-33-25(27-20)28-23(29)12-18-14-32-24(26-18)13-31-22-11-16(2)9-10-17(22)3/h5-11,14-15H,4,12-13H2,1-3H3,(H,27,28,29). The van der Waals surface area contributed by atoms with Gasteiger partial charge in [-0.1, -0.05) is 24.3 Å². The molecule has 0 aliphatic rings. The summed E-state index contributed by atoms with van der Waals surface area (Å²) in [4.78, 5) is 21.6. The average Bonchev–Trinajstić information content (AvgIpc) is 3.44. The van der Waals surface area contributed by atoms with E-state index in [4.69, 9.17) is 9.47 Å². The zero-order chi connectivity index (χ0) is 23.2. The Morgan fingerprint density at radius 1 is 1.00 bits per heavy atom. The third-order valence-electron chi connectivity index (χ3n) is 4.85. The second kappa shape index (κ2) is 10.6. The first-order chi connectivity index (χ1) is 16.0. The number of ether oxygens (including phenoxy) is 2.